The Balaban J connectivity index is 0.00000324. The Morgan fingerprint density at radius 1 is 1.11 bits per heavy atom. The number of unbranched alkanes of at least 4 members (excludes halogenated alkanes) is 1. The number of primary amides is 1. The molecule has 1 aliphatic heterocycles. The molecule has 1 fully saturated rings. The van der Waals surface area contributed by atoms with E-state index in [-0.39, 0.29) is 71.3 Å². The van der Waals surface area contributed by atoms with Crippen molar-refractivity contribution in [3.63, 3.8) is 0 Å². The number of nitrogens with two attached hydrogens (primary N) is 4. The molecule has 15 heteroatoms. The summed E-state index contributed by atoms with van der Waals surface area (Å²) in [4.78, 5) is 35.1. The molecule has 0 radical (unpaired) electrons. The third-order valence-corrected chi connectivity index (χ3v) is 5.46. The van der Waals surface area contributed by atoms with Gasteiger partial charge in [-0.25, -0.2) is 9.97 Å². The summed E-state index contributed by atoms with van der Waals surface area (Å²) in [5.74, 6) is -0.556. The molecule has 0 saturated carbocycles. The number of benzene rings is 1. The number of nitrogens with zero attached hydrogens (tertiary/aromatic N) is 3. The first-order valence-corrected chi connectivity index (χ1v) is 11.1. The molecule has 198 valence electrons. The Morgan fingerprint density at radius 3 is 2.44 bits per heavy atom. The zero-order valence-electron chi connectivity index (χ0n) is 19.3. The average molecular weight is 563 g/mol. The van der Waals surface area contributed by atoms with Gasteiger partial charge in [-0.15, -0.1) is 24.8 Å². The first-order chi connectivity index (χ1) is 16.2. The highest BCUT2D eigenvalue weighted by Crippen LogP contribution is 2.19. The highest BCUT2D eigenvalue weighted by atomic mass is 35.5. The predicted molar refractivity (Wildman–Crippen MR) is 144 cm³/mol. The van der Waals surface area contributed by atoms with Crippen LogP contribution in [-0.4, -0.2) is 53.0 Å². The number of aryl methyl sites for hydroxylation is 1. The lowest BCUT2D eigenvalue weighted by atomic mass is 10.1. The summed E-state index contributed by atoms with van der Waals surface area (Å²) in [5, 5.41) is 5.32. The highest BCUT2D eigenvalue weighted by Gasteiger charge is 2.29. The Kier molecular flexibility index (Phi) is 12.5. The summed E-state index contributed by atoms with van der Waals surface area (Å²) in [7, 11) is 0. The van der Waals surface area contributed by atoms with Gasteiger partial charge in [-0.3, -0.25) is 19.9 Å². The number of hydrogen-bond acceptors (Lipinski definition) is 9. The first-order valence-electron chi connectivity index (χ1n) is 10.7. The largest absolute Gasteiger partial charge is 0.489 e. The van der Waals surface area contributed by atoms with Gasteiger partial charge in [-0.1, -0.05) is 23.7 Å². The third-order valence-electron chi connectivity index (χ3n) is 5.18. The second-order valence-corrected chi connectivity index (χ2v) is 8.15. The second-order valence-electron chi connectivity index (χ2n) is 7.79. The van der Waals surface area contributed by atoms with Crippen molar-refractivity contribution < 1.29 is 14.3 Å². The lowest BCUT2D eigenvalue weighted by molar-refractivity contribution is -0.119. The maximum Gasteiger partial charge on any atom is 0.280 e. The quantitative estimate of drug-likeness (QED) is 0.145. The van der Waals surface area contributed by atoms with Crippen molar-refractivity contribution in [2.45, 2.75) is 37.8 Å². The molecule has 2 amide bonds. The van der Waals surface area contributed by atoms with Crippen molar-refractivity contribution in [2.75, 3.05) is 24.6 Å². The Labute approximate surface area is 225 Å². The van der Waals surface area contributed by atoms with Crippen molar-refractivity contribution in [1.29, 1.82) is 0 Å². The minimum atomic E-state index is -0.672. The molecule has 1 saturated heterocycles. The molecule has 1 aromatic heterocycles. The van der Waals surface area contributed by atoms with E-state index in [0.717, 1.165) is 30.6 Å². The van der Waals surface area contributed by atoms with Crippen LogP contribution in [0.4, 0.5) is 11.6 Å². The normalized spacial score (nSPS) is 17.0. The monoisotopic (exact) mass is 561 g/mol. The van der Waals surface area contributed by atoms with Gasteiger partial charge in [0.15, 0.2) is 28.4 Å². The van der Waals surface area contributed by atoms with E-state index in [9.17, 15) is 9.59 Å². The number of guanidine groups is 1. The van der Waals surface area contributed by atoms with Crippen molar-refractivity contribution >= 4 is 65.8 Å². The molecule has 0 spiro atoms. The van der Waals surface area contributed by atoms with Crippen LogP contribution in [0, 0.1) is 0 Å². The van der Waals surface area contributed by atoms with Crippen LogP contribution in [0.5, 0.6) is 5.75 Å². The van der Waals surface area contributed by atoms with E-state index in [1.165, 1.54) is 0 Å². The molecule has 36 heavy (non-hydrogen) atoms. The number of nitrogen functional groups attached to an aromatic ring is 2. The van der Waals surface area contributed by atoms with Gasteiger partial charge < -0.3 is 33.0 Å². The fourth-order valence-corrected chi connectivity index (χ4v) is 3.53. The minimum absolute atomic E-state index is 0. The van der Waals surface area contributed by atoms with E-state index in [1.807, 2.05) is 24.3 Å². The Morgan fingerprint density at radius 2 is 1.81 bits per heavy atom. The van der Waals surface area contributed by atoms with Gasteiger partial charge in [-0.05, 0) is 37.0 Å². The van der Waals surface area contributed by atoms with E-state index in [1.54, 1.807) is 0 Å². The molecule has 2 heterocycles. The summed E-state index contributed by atoms with van der Waals surface area (Å²) in [6.07, 6.45) is 2.99. The first kappa shape index (κ1) is 31.0. The van der Waals surface area contributed by atoms with Crippen LogP contribution in [0.2, 0.25) is 5.15 Å². The zero-order chi connectivity index (χ0) is 24.7. The van der Waals surface area contributed by atoms with E-state index in [0.29, 0.717) is 19.5 Å². The molecule has 1 aromatic carbocycles. The van der Waals surface area contributed by atoms with Gasteiger partial charge in [0, 0.05) is 19.5 Å². The van der Waals surface area contributed by atoms with Crippen molar-refractivity contribution in [2.24, 2.45) is 16.5 Å². The maximum absolute atomic E-state index is 12.2. The fraction of sp³-hybridized carbons (Fsp3) is 0.381. The number of anilines is 2. The van der Waals surface area contributed by atoms with Crippen molar-refractivity contribution in [3.05, 3.63) is 40.7 Å². The smallest absolute Gasteiger partial charge is 0.280 e. The number of aromatic nitrogens is 2. The number of rotatable bonds is 9. The minimum Gasteiger partial charge on any atom is -0.489 e. The van der Waals surface area contributed by atoms with E-state index < -0.39 is 5.91 Å². The molecular formula is C21H30Cl3N9O3. The summed E-state index contributed by atoms with van der Waals surface area (Å²) < 4.78 is 5.90. The summed E-state index contributed by atoms with van der Waals surface area (Å²) in [6, 6.07) is 7.50. The lowest BCUT2D eigenvalue weighted by Crippen LogP contribution is -2.38. The summed E-state index contributed by atoms with van der Waals surface area (Å²) in [5.41, 5.74) is 23.2. The molecule has 3 rings (SSSR count). The SMILES string of the molecule is Cl.Cl.NC(=O)[C@@H]1CC(Oc2ccc(CCCCN=C(N)NC(=O)c3nc(Cl)c(N)nc3N)cc2)CN1. The number of carbonyl (C=O) groups excluding carboxylic acids is 2. The Bertz CT molecular complexity index is 1070. The van der Waals surface area contributed by atoms with Crippen LogP contribution in [0.25, 0.3) is 0 Å². The molecule has 0 aliphatic carbocycles. The highest BCUT2D eigenvalue weighted by molar-refractivity contribution is 6.31. The number of hydrogen-bond donors (Lipinski definition) is 6. The predicted octanol–water partition coefficient (Wildman–Crippen LogP) is 0.800. The zero-order valence-corrected chi connectivity index (χ0v) is 21.7. The second kappa shape index (κ2) is 14.5. The van der Waals surface area contributed by atoms with Crippen LogP contribution >= 0.6 is 36.4 Å². The molecular weight excluding hydrogens is 533 g/mol. The van der Waals surface area contributed by atoms with Crippen molar-refractivity contribution in [1.82, 2.24) is 20.6 Å². The number of amides is 2. The number of halogens is 3. The molecule has 12 nitrogen and oxygen atoms in total. The molecule has 1 unspecified atom stereocenters. The molecule has 2 aromatic rings. The van der Waals surface area contributed by atoms with E-state index in [4.69, 9.17) is 39.3 Å². The number of carbonyl (C=O) groups is 2. The van der Waals surface area contributed by atoms with Gasteiger partial charge in [0.25, 0.3) is 5.91 Å². The van der Waals surface area contributed by atoms with Crippen molar-refractivity contribution in [3.8, 4) is 5.75 Å². The van der Waals surface area contributed by atoms with Crippen LogP contribution < -0.4 is 38.3 Å². The van der Waals surface area contributed by atoms with Crippen LogP contribution in [0.1, 0.15) is 35.3 Å². The molecule has 10 N–H and O–H groups in total. The van der Waals surface area contributed by atoms with Gasteiger partial charge >= 0.3 is 0 Å². The van der Waals surface area contributed by atoms with Gasteiger partial charge in [-0.2, -0.15) is 0 Å². The fourth-order valence-electron chi connectivity index (χ4n) is 3.40. The van der Waals surface area contributed by atoms with E-state index in [2.05, 4.69) is 25.6 Å². The van der Waals surface area contributed by atoms with Gasteiger partial charge in [0.1, 0.15) is 11.9 Å². The Hall–Kier alpha value is -3.06. The molecule has 1 aliphatic rings. The van der Waals surface area contributed by atoms with Gasteiger partial charge in [0.05, 0.1) is 6.04 Å². The van der Waals surface area contributed by atoms with Crippen LogP contribution in [0.3, 0.4) is 0 Å². The van der Waals surface area contributed by atoms with Crippen LogP contribution in [0.15, 0.2) is 29.3 Å². The standard InChI is InChI=1S/C21H28ClN9O3.2ClH/c22-16-18(24)30-17(23)15(29-16)20(33)31-21(26)27-8-2-1-3-11-4-6-12(7-5-11)34-13-9-14(19(25)32)28-10-13;;/h4-7,13-14,28H,1-3,8-10H2,(H2,25,32)(H4,23,24,30)(H3,26,27,31,33);2*1H/t13?,14-;;/m0../s1. The number of ether oxygens (including phenoxy) is 1. The topological polar surface area (TPSA) is 210 Å². The summed E-state index contributed by atoms with van der Waals surface area (Å²) >= 11 is 5.78. The van der Waals surface area contributed by atoms with Crippen LogP contribution in [-0.2, 0) is 11.2 Å². The molecule has 0 bridgehead atoms. The lowest BCUT2D eigenvalue weighted by Gasteiger charge is -2.13. The van der Waals surface area contributed by atoms with Gasteiger partial charge in [0.2, 0.25) is 5.91 Å². The average Bonchev–Trinajstić information content (AvgIpc) is 3.26. The number of aliphatic imine (C=N–C) groups is 1. The third kappa shape index (κ3) is 8.86. The summed E-state index contributed by atoms with van der Waals surface area (Å²) in [6.45, 7) is 1.03. The van der Waals surface area contributed by atoms with E-state index >= 15 is 0 Å². The maximum atomic E-state index is 12.2. The number of nitrogens with one attached hydrogen (secondary N) is 2. The molecule has 2 atom stereocenters.